The quantitative estimate of drug-likeness (QED) is 0.403. The van der Waals surface area contributed by atoms with E-state index in [1.165, 1.54) is 7.11 Å². The third-order valence-corrected chi connectivity index (χ3v) is 6.43. The molecule has 8 nitrogen and oxygen atoms in total. The molecule has 1 heterocycles. The Kier molecular flexibility index (Phi) is 9.37. The number of anilines is 1. The molecule has 2 aromatic rings. The van der Waals surface area contributed by atoms with Crippen molar-refractivity contribution in [2.75, 3.05) is 12.4 Å². The van der Waals surface area contributed by atoms with E-state index in [0.29, 0.717) is 39.7 Å². The summed E-state index contributed by atoms with van der Waals surface area (Å²) in [7, 11) is 1.42. The summed E-state index contributed by atoms with van der Waals surface area (Å²) in [6.07, 6.45) is -7.50. The molecular weight excluding hydrogens is 525 g/mol. The minimum atomic E-state index is -4.55. The highest BCUT2D eigenvalue weighted by Gasteiger charge is 2.38. The minimum absolute atomic E-state index is 0.115. The van der Waals surface area contributed by atoms with Crippen molar-refractivity contribution in [2.24, 2.45) is 22.6 Å². The number of ether oxygens (including phenoxy) is 1. The number of benzodiazepines with no additional fused rings is 1. The van der Waals surface area contributed by atoms with Gasteiger partial charge in [0.05, 0.1) is 18.5 Å². The monoisotopic (exact) mass is 552 g/mol. The number of alkyl halides is 3. The van der Waals surface area contributed by atoms with E-state index < -0.39 is 54.7 Å². The largest absolute Gasteiger partial charge is 0.495 e. The van der Waals surface area contributed by atoms with Crippen LogP contribution in [0.15, 0.2) is 47.5 Å². The van der Waals surface area contributed by atoms with Crippen LogP contribution in [0.4, 0.5) is 18.9 Å². The molecule has 0 radical (unpaired) electrons. The first kappa shape index (κ1) is 29.0. The van der Waals surface area contributed by atoms with E-state index in [-0.39, 0.29) is 6.42 Å². The number of hydrogen-bond donors (Lipinski definition) is 3. The second kappa shape index (κ2) is 12.3. The van der Waals surface area contributed by atoms with Gasteiger partial charge in [0.25, 0.3) is 5.91 Å². The number of primary amides is 1. The molecule has 12 heteroatoms. The van der Waals surface area contributed by atoms with Crippen molar-refractivity contribution in [3.63, 3.8) is 0 Å². The third kappa shape index (κ3) is 7.03. The second-order valence-corrected chi connectivity index (χ2v) is 9.26. The topological polar surface area (TPSA) is 123 Å². The highest BCUT2D eigenvalue weighted by Crippen LogP contribution is 2.33. The number of benzene rings is 2. The fourth-order valence-electron chi connectivity index (χ4n) is 4.34. The fourth-order valence-corrected chi connectivity index (χ4v) is 4.47. The van der Waals surface area contributed by atoms with Gasteiger partial charge in [0.1, 0.15) is 5.75 Å². The van der Waals surface area contributed by atoms with E-state index in [9.17, 15) is 27.6 Å². The molecule has 0 aliphatic carbocycles. The van der Waals surface area contributed by atoms with Gasteiger partial charge in [-0.05, 0) is 31.0 Å². The van der Waals surface area contributed by atoms with Crippen LogP contribution in [-0.4, -0.2) is 42.9 Å². The summed E-state index contributed by atoms with van der Waals surface area (Å²) in [6.45, 7) is 1.72. The zero-order valence-corrected chi connectivity index (χ0v) is 21.5. The number of halogens is 4. The number of carbonyl (C=O) groups is 3. The zero-order chi connectivity index (χ0) is 28.0. The second-order valence-electron chi connectivity index (χ2n) is 8.83. The number of hydrogen-bond acceptors (Lipinski definition) is 5. The molecule has 3 atom stereocenters. The molecule has 38 heavy (non-hydrogen) atoms. The summed E-state index contributed by atoms with van der Waals surface area (Å²) in [5.74, 6) is -4.77. The number of nitrogens with zero attached hydrogens (tertiary/aromatic N) is 1. The molecule has 0 aromatic heterocycles. The standard InChI is InChI=1S/C26H28ClF3N4O4/c1-3-5-16(22(31)35)17(12-13-26(28,29)30)24(36)34-23-25(37)33-21-18(6-4-7-19(21)38-2)20(32-23)14-8-10-15(27)11-9-14/h4,6-11,16-17,23H,3,5,12-13H2,1-2H3,(H2,31,35)(H,33,37)(H,34,36)/t16-,17+,23+/m0/s1. The molecule has 1 aliphatic heterocycles. The van der Waals surface area contributed by atoms with E-state index in [4.69, 9.17) is 22.1 Å². The Labute approximate surface area is 222 Å². The molecule has 3 rings (SSSR count). The smallest absolute Gasteiger partial charge is 0.389 e. The van der Waals surface area contributed by atoms with Gasteiger partial charge in [-0.3, -0.25) is 14.4 Å². The molecule has 0 fully saturated rings. The van der Waals surface area contributed by atoms with Crippen molar-refractivity contribution in [3.8, 4) is 5.75 Å². The van der Waals surface area contributed by atoms with Crippen molar-refractivity contribution in [1.82, 2.24) is 5.32 Å². The van der Waals surface area contributed by atoms with Crippen LogP contribution in [0, 0.1) is 11.8 Å². The number of para-hydroxylation sites is 1. The van der Waals surface area contributed by atoms with Gasteiger partial charge in [0.15, 0.2) is 0 Å². The zero-order valence-electron chi connectivity index (χ0n) is 20.8. The summed E-state index contributed by atoms with van der Waals surface area (Å²) in [5.41, 5.74) is 7.13. The van der Waals surface area contributed by atoms with Crippen LogP contribution in [0.3, 0.4) is 0 Å². The lowest BCUT2D eigenvalue weighted by Crippen LogP contribution is -2.48. The van der Waals surface area contributed by atoms with Crippen LogP contribution in [0.2, 0.25) is 5.02 Å². The maximum atomic E-state index is 13.3. The maximum absolute atomic E-state index is 13.3. The third-order valence-electron chi connectivity index (χ3n) is 6.18. The summed E-state index contributed by atoms with van der Waals surface area (Å²) in [5, 5.41) is 5.60. The number of carbonyl (C=O) groups excluding carboxylic acids is 3. The highest BCUT2D eigenvalue weighted by molar-refractivity contribution is 6.31. The lowest BCUT2D eigenvalue weighted by molar-refractivity contribution is -0.146. The van der Waals surface area contributed by atoms with Gasteiger partial charge < -0.3 is 21.1 Å². The maximum Gasteiger partial charge on any atom is 0.389 e. The molecule has 3 amide bonds. The molecule has 0 bridgehead atoms. The van der Waals surface area contributed by atoms with E-state index in [1.807, 2.05) is 0 Å². The first-order chi connectivity index (χ1) is 17.9. The van der Waals surface area contributed by atoms with Crippen LogP contribution >= 0.6 is 11.6 Å². The van der Waals surface area contributed by atoms with E-state index in [1.54, 1.807) is 49.4 Å². The van der Waals surface area contributed by atoms with Gasteiger partial charge in [-0.15, -0.1) is 0 Å². The molecule has 0 saturated carbocycles. The normalized spacial score (nSPS) is 16.8. The molecule has 1 aliphatic rings. The van der Waals surface area contributed by atoms with Crippen molar-refractivity contribution < 1.29 is 32.3 Å². The first-order valence-electron chi connectivity index (χ1n) is 11.9. The van der Waals surface area contributed by atoms with Crippen LogP contribution in [0.5, 0.6) is 5.75 Å². The molecule has 0 unspecified atom stereocenters. The van der Waals surface area contributed by atoms with Gasteiger partial charge in [-0.2, -0.15) is 13.2 Å². The molecule has 0 saturated heterocycles. The SMILES string of the molecule is CCC[C@H](C(N)=O)[C@@H](CCC(F)(F)F)C(=O)N[C@H]1N=C(c2ccc(Cl)cc2)c2cccc(OC)c2NC1=O. The number of amides is 3. The molecule has 4 N–H and O–H groups in total. The lowest BCUT2D eigenvalue weighted by atomic mass is 9.83. The van der Waals surface area contributed by atoms with E-state index >= 15 is 0 Å². The summed E-state index contributed by atoms with van der Waals surface area (Å²) in [4.78, 5) is 43.1. The predicted molar refractivity (Wildman–Crippen MR) is 137 cm³/mol. The highest BCUT2D eigenvalue weighted by atomic mass is 35.5. The van der Waals surface area contributed by atoms with Gasteiger partial charge in [0.2, 0.25) is 18.0 Å². The Morgan fingerprint density at radius 2 is 1.84 bits per heavy atom. The number of aliphatic imine (C=N–C) groups is 1. The average molecular weight is 553 g/mol. The molecule has 2 aromatic carbocycles. The van der Waals surface area contributed by atoms with Crippen LogP contribution < -0.4 is 21.1 Å². The average Bonchev–Trinajstić information content (AvgIpc) is 2.99. The van der Waals surface area contributed by atoms with E-state index in [2.05, 4.69) is 15.6 Å². The van der Waals surface area contributed by atoms with Gasteiger partial charge >= 0.3 is 6.18 Å². The number of rotatable bonds is 10. The van der Waals surface area contributed by atoms with Crippen LogP contribution in [0.25, 0.3) is 0 Å². The Morgan fingerprint density at radius 3 is 2.42 bits per heavy atom. The Morgan fingerprint density at radius 1 is 1.16 bits per heavy atom. The fraction of sp³-hybridized carbons (Fsp3) is 0.385. The van der Waals surface area contributed by atoms with Crippen LogP contribution in [0.1, 0.15) is 43.7 Å². The lowest BCUT2D eigenvalue weighted by Gasteiger charge is -2.25. The summed E-state index contributed by atoms with van der Waals surface area (Å²) in [6, 6.07) is 11.6. The minimum Gasteiger partial charge on any atom is -0.495 e. The van der Waals surface area contributed by atoms with Gasteiger partial charge in [-0.1, -0.05) is 49.2 Å². The van der Waals surface area contributed by atoms with E-state index in [0.717, 1.165) is 0 Å². The number of nitrogens with two attached hydrogens (primary N) is 1. The van der Waals surface area contributed by atoms with Gasteiger partial charge in [-0.25, -0.2) is 4.99 Å². The van der Waals surface area contributed by atoms with Crippen molar-refractivity contribution in [3.05, 3.63) is 58.6 Å². The summed E-state index contributed by atoms with van der Waals surface area (Å²) >= 11 is 6.03. The number of methoxy groups -OCH3 is 1. The molecular formula is C26H28ClF3N4O4. The summed E-state index contributed by atoms with van der Waals surface area (Å²) < 4.78 is 44.5. The van der Waals surface area contributed by atoms with Gasteiger partial charge in [0, 0.05) is 34.4 Å². The van der Waals surface area contributed by atoms with Crippen molar-refractivity contribution in [1.29, 1.82) is 0 Å². The number of fused-ring (bicyclic) bond motifs is 1. The molecule has 0 spiro atoms. The van der Waals surface area contributed by atoms with Crippen molar-refractivity contribution >= 4 is 40.7 Å². The number of nitrogens with one attached hydrogen (secondary N) is 2. The predicted octanol–water partition coefficient (Wildman–Crippen LogP) is 4.44. The Bertz CT molecular complexity index is 1220. The molecule has 204 valence electrons. The van der Waals surface area contributed by atoms with Crippen molar-refractivity contribution in [2.45, 2.75) is 44.9 Å². The first-order valence-corrected chi connectivity index (χ1v) is 12.3. The Hall–Kier alpha value is -3.60. The Balaban J connectivity index is 2.03. The van der Waals surface area contributed by atoms with Crippen LogP contribution in [-0.2, 0) is 14.4 Å².